The van der Waals surface area contributed by atoms with E-state index in [1.807, 2.05) is 13.8 Å². The Bertz CT molecular complexity index is 474. The fourth-order valence-corrected chi connectivity index (χ4v) is 1.32. The van der Waals surface area contributed by atoms with Gasteiger partial charge in [-0.05, 0) is 38.1 Å². The molecule has 6 nitrogen and oxygen atoms in total. The van der Waals surface area contributed by atoms with Crippen molar-refractivity contribution in [2.75, 3.05) is 13.7 Å². The number of hydrazine groups is 1. The number of methoxy groups -OCH3 is 1. The summed E-state index contributed by atoms with van der Waals surface area (Å²) in [6, 6.07) is 5.80. The zero-order valence-corrected chi connectivity index (χ0v) is 12.4. The summed E-state index contributed by atoms with van der Waals surface area (Å²) in [5.41, 5.74) is 4.46. The standard InChI is InChI=1S/C13H18ClN3O3/c1-13(2,20-3)8-15-12(19)17-16-11(18)9-4-6-10(14)7-5-9/h4-7H,8H2,1-3H3,(H,16,18)(H2,15,17,19). The minimum atomic E-state index is -0.516. The third-order valence-corrected chi connectivity index (χ3v) is 2.88. The van der Waals surface area contributed by atoms with E-state index in [9.17, 15) is 9.59 Å². The molecule has 7 heteroatoms. The summed E-state index contributed by atoms with van der Waals surface area (Å²) in [7, 11) is 1.56. The summed E-state index contributed by atoms with van der Waals surface area (Å²) < 4.78 is 5.15. The molecule has 0 aliphatic heterocycles. The normalized spacial score (nSPS) is 10.8. The predicted molar refractivity (Wildman–Crippen MR) is 76.5 cm³/mol. The highest BCUT2D eigenvalue weighted by atomic mass is 35.5. The Morgan fingerprint density at radius 1 is 1.20 bits per heavy atom. The van der Waals surface area contributed by atoms with Gasteiger partial charge >= 0.3 is 6.03 Å². The number of hydrogen-bond donors (Lipinski definition) is 3. The van der Waals surface area contributed by atoms with Crippen molar-refractivity contribution < 1.29 is 14.3 Å². The minimum absolute atomic E-state index is 0.312. The first-order valence-electron chi connectivity index (χ1n) is 5.99. The first-order valence-corrected chi connectivity index (χ1v) is 6.37. The summed E-state index contributed by atoms with van der Waals surface area (Å²) >= 11 is 5.72. The zero-order valence-electron chi connectivity index (χ0n) is 11.6. The highest BCUT2D eigenvalue weighted by Gasteiger charge is 2.17. The number of rotatable bonds is 4. The lowest BCUT2D eigenvalue weighted by atomic mass is 10.1. The average Bonchev–Trinajstić information content (AvgIpc) is 2.43. The largest absolute Gasteiger partial charge is 0.377 e. The quantitative estimate of drug-likeness (QED) is 0.741. The van der Waals surface area contributed by atoms with Crippen molar-refractivity contribution in [3.63, 3.8) is 0 Å². The topological polar surface area (TPSA) is 79.5 Å². The maximum atomic E-state index is 11.7. The van der Waals surface area contributed by atoms with Crippen LogP contribution in [0.25, 0.3) is 0 Å². The molecule has 1 aromatic rings. The SMILES string of the molecule is COC(C)(C)CNC(=O)NNC(=O)c1ccc(Cl)cc1. The lowest BCUT2D eigenvalue weighted by molar-refractivity contribution is 0.0253. The molecular weight excluding hydrogens is 282 g/mol. The zero-order chi connectivity index (χ0) is 15.2. The van der Waals surface area contributed by atoms with Crippen molar-refractivity contribution in [2.24, 2.45) is 0 Å². The summed E-state index contributed by atoms with van der Waals surface area (Å²) in [4.78, 5) is 23.2. The number of carbonyl (C=O) groups excluding carboxylic acids is 2. The van der Waals surface area contributed by atoms with E-state index < -0.39 is 17.5 Å². The molecule has 0 unspecified atom stereocenters. The molecule has 0 fully saturated rings. The third-order valence-electron chi connectivity index (χ3n) is 2.62. The molecule has 0 atom stereocenters. The van der Waals surface area contributed by atoms with E-state index in [1.165, 1.54) is 0 Å². The number of ether oxygens (including phenoxy) is 1. The number of amides is 3. The van der Waals surface area contributed by atoms with Crippen molar-refractivity contribution in [1.82, 2.24) is 16.2 Å². The van der Waals surface area contributed by atoms with Gasteiger partial charge in [-0.1, -0.05) is 11.6 Å². The molecule has 3 N–H and O–H groups in total. The number of hydrogen-bond acceptors (Lipinski definition) is 3. The van der Waals surface area contributed by atoms with Crippen LogP contribution in [0.2, 0.25) is 5.02 Å². The molecule has 110 valence electrons. The second kappa shape index (κ2) is 7.12. The van der Waals surface area contributed by atoms with E-state index in [-0.39, 0.29) is 0 Å². The monoisotopic (exact) mass is 299 g/mol. The molecule has 0 aromatic heterocycles. The van der Waals surface area contributed by atoms with Gasteiger partial charge in [0.25, 0.3) is 5.91 Å². The van der Waals surface area contributed by atoms with Crippen LogP contribution in [-0.4, -0.2) is 31.2 Å². The summed E-state index contributed by atoms with van der Waals surface area (Å²) in [6.45, 7) is 3.98. The third kappa shape index (κ3) is 5.46. The first kappa shape index (κ1) is 16.3. The van der Waals surface area contributed by atoms with Crippen LogP contribution in [0.5, 0.6) is 0 Å². The van der Waals surface area contributed by atoms with Crippen molar-refractivity contribution in [3.8, 4) is 0 Å². The van der Waals surface area contributed by atoms with E-state index in [1.54, 1.807) is 31.4 Å². The Balaban J connectivity index is 2.37. The number of halogens is 1. The molecule has 20 heavy (non-hydrogen) atoms. The molecule has 0 saturated heterocycles. The van der Waals surface area contributed by atoms with Gasteiger partial charge in [0.15, 0.2) is 0 Å². The van der Waals surface area contributed by atoms with Crippen molar-refractivity contribution in [3.05, 3.63) is 34.9 Å². The van der Waals surface area contributed by atoms with Gasteiger partial charge < -0.3 is 10.1 Å². The molecule has 0 aliphatic rings. The number of benzene rings is 1. The van der Waals surface area contributed by atoms with Crippen LogP contribution in [0.15, 0.2) is 24.3 Å². The number of nitrogens with one attached hydrogen (secondary N) is 3. The molecule has 0 spiro atoms. The second-order valence-electron chi connectivity index (χ2n) is 4.73. The smallest absolute Gasteiger partial charge is 0.333 e. The molecule has 0 heterocycles. The summed E-state index contributed by atoms with van der Waals surface area (Å²) in [6.07, 6.45) is 0. The molecular formula is C13H18ClN3O3. The molecule has 0 radical (unpaired) electrons. The average molecular weight is 300 g/mol. The fourth-order valence-electron chi connectivity index (χ4n) is 1.20. The van der Waals surface area contributed by atoms with Crippen LogP contribution in [-0.2, 0) is 4.74 Å². The van der Waals surface area contributed by atoms with Gasteiger partial charge in [0.1, 0.15) is 0 Å². The second-order valence-corrected chi connectivity index (χ2v) is 5.17. The molecule has 0 bridgehead atoms. The van der Waals surface area contributed by atoms with Gasteiger partial charge in [0.05, 0.1) is 5.60 Å². The van der Waals surface area contributed by atoms with Gasteiger partial charge in [0.2, 0.25) is 0 Å². The van der Waals surface area contributed by atoms with Crippen LogP contribution in [0.1, 0.15) is 24.2 Å². The van der Waals surface area contributed by atoms with Gasteiger partial charge in [-0.15, -0.1) is 0 Å². The number of urea groups is 1. The van der Waals surface area contributed by atoms with Gasteiger partial charge in [-0.3, -0.25) is 10.2 Å². The summed E-state index contributed by atoms with van der Waals surface area (Å²) in [5.74, 6) is -0.428. The van der Waals surface area contributed by atoms with Crippen LogP contribution in [0.3, 0.4) is 0 Å². The Kier molecular flexibility index (Phi) is 5.79. The Morgan fingerprint density at radius 2 is 1.80 bits per heavy atom. The Morgan fingerprint density at radius 3 is 2.35 bits per heavy atom. The summed E-state index contributed by atoms with van der Waals surface area (Å²) in [5, 5.41) is 3.12. The van der Waals surface area contributed by atoms with E-state index in [2.05, 4.69) is 16.2 Å². The highest BCUT2D eigenvalue weighted by Crippen LogP contribution is 2.09. The van der Waals surface area contributed by atoms with E-state index in [0.717, 1.165) is 0 Å². The Labute approximate surface area is 122 Å². The van der Waals surface area contributed by atoms with E-state index in [0.29, 0.717) is 17.1 Å². The fraction of sp³-hybridized carbons (Fsp3) is 0.385. The van der Waals surface area contributed by atoms with Gasteiger partial charge in [-0.25, -0.2) is 10.2 Å². The van der Waals surface area contributed by atoms with E-state index in [4.69, 9.17) is 16.3 Å². The minimum Gasteiger partial charge on any atom is -0.377 e. The van der Waals surface area contributed by atoms with Crippen LogP contribution < -0.4 is 16.2 Å². The molecule has 1 rings (SSSR count). The molecule has 0 saturated carbocycles. The molecule has 1 aromatic carbocycles. The maximum Gasteiger partial charge on any atom is 0.333 e. The van der Waals surface area contributed by atoms with Crippen molar-refractivity contribution in [2.45, 2.75) is 19.4 Å². The molecule has 3 amide bonds. The predicted octanol–water partition coefficient (Wildman–Crippen LogP) is 1.71. The van der Waals surface area contributed by atoms with E-state index >= 15 is 0 Å². The van der Waals surface area contributed by atoms with Crippen LogP contribution in [0, 0.1) is 0 Å². The first-order chi connectivity index (χ1) is 9.34. The van der Waals surface area contributed by atoms with Crippen LogP contribution in [0.4, 0.5) is 4.79 Å². The van der Waals surface area contributed by atoms with Crippen molar-refractivity contribution >= 4 is 23.5 Å². The lowest BCUT2D eigenvalue weighted by Crippen LogP contribution is -2.50. The van der Waals surface area contributed by atoms with Crippen LogP contribution >= 0.6 is 11.6 Å². The highest BCUT2D eigenvalue weighted by molar-refractivity contribution is 6.30. The van der Waals surface area contributed by atoms with Gasteiger partial charge in [0, 0.05) is 24.2 Å². The van der Waals surface area contributed by atoms with Crippen molar-refractivity contribution in [1.29, 1.82) is 0 Å². The lowest BCUT2D eigenvalue weighted by Gasteiger charge is -2.23. The maximum absolute atomic E-state index is 11.7. The molecule has 0 aliphatic carbocycles. The van der Waals surface area contributed by atoms with Gasteiger partial charge in [-0.2, -0.15) is 0 Å². The number of carbonyl (C=O) groups is 2. The Hall–Kier alpha value is -1.79.